The second kappa shape index (κ2) is 9.48. The molecule has 2 aromatic heterocycles. The lowest BCUT2D eigenvalue weighted by molar-refractivity contribution is 0.0376. The molecule has 3 heterocycles. The van der Waals surface area contributed by atoms with E-state index in [1.54, 1.807) is 0 Å². The Labute approximate surface area is 160 Å². The second-order valence-electron chi connectivity index (χ2n) is 6.80. The summed E-state index contributed by atoms with van der Waals surface area (Å²) in [6.45, 7) is 10.1. The molecule has 3 rings (SSSR count). The molecule has 1 aliphatic rings. The van der Waals surface area contributed by atoms with Crippen molar-refractivity contribution < 1.29 is 4.74 Å². The largest absolute Gasteiger partial charge is 0.379 e. The zero-order valence-electron chi connectivity index (χ0n) is 16.2. The molecular weight excluding hydrogens is 342 g/mol. The first-order valence-corrected chi connectivity index (χ1v) is 9.44. The number of hydrogen-bond donors (Lipinski definition) is 2. The minimum Gasteiger partial charge on any atom is -0.379 e. The quantitative estimate of drug-likeness (QED) is 0.429. The highest BCUT2D eigenvalue weighted by atomic mass is 16.5. The number of ether oxygens (including phenoxy) is 1. The summed E-state index contributed by atoms with van der Waals surface area (Å²) in [4.78, 5) is 11.3. The van der Waals surface area contributed by atoms with Crippen LogP contribution in [0.2, 0.25) is 0 Å². The first-order chi connectivity index (χ1) is 13.1. The van der Waals surface area contributed by atoms with Gasteiger partial charge < -0.3 is 15.8 Å². The van der Waals surface area contributed by atoms with E-state index in [0.717, 1.165) is 68.6 Å². The van der Waals surface area contributed by atoms with Crippen LogP contribution in [0.5, 0.6) is 0 Å². The SMILES string of the molecule is Cc1cc(C)n(-c2ccc(CN=C(N)NCCCN3CCOCC3)cn2)n1. The molecule has 0 radical (unpaired) electrons. The van der Waals surface area contributed by atoms with Gasteiger partial charge in [0.2, 0.25) is 0 Å². The predicted molar refractivity (Wildman–Crippen MR) is 106 cm³/mol. The van der Waals surface area contributed by atoms with Crippen molar-refractivity contribution in [2.24, 2.45) is 10.7 Å². The van der Waals surface area contributed by atoms with E-state index >= 15 is 0 Å². The van der Waals surface area contributed by atoms with E-state index in [2.05, 4.69) is 25.3 Å². The molecule has 27 heavy (non-hydrogen) atoms. The number of aliphatic imine (C=N–C) groups is 1. The Balaban J connectivity index is 1.42. The van der Waals surface area contributed by atoms with Gasteiger partial charge in [-0.3, -0.25) is 4.90 Å². The van der Waals surface area contributed by atoms with Gasteiger partial charge in [-0.15, -0.1) is 0 Å². The molecule has 3 N–H and O–H groups in total. The maximum Gasteiger partial charge on any atom is 0.188 e. The number of aryl methyl sites for hydroxylation is 2. The fourth-order valence-corrected chi connectivity index (χ4v) is 3.07. The summed E-state index contributed by atoms with van der Waals surface area (Å²) < 4.78 is 7.19. The monoisotopic (exact) mass is 371 g/mol. The zero-order valence-corrected chi connectivity index (χ0v) is 16.2. The fourth-order valence-electron chi connectivity index (χ4n) is 3.07. The van der Waals surface area contributed by atoms with Crippen LogP contribution in [0.25, 0.3) is 5.82 Å². The number of nitrogens with two attached hydrogens (primary N) is 1. The Bertz CT molecular complexity index is 748. The Morgan fingerprint density at radius 1 is 1.30 bits per heavy atom. The zero-order chi connectivity index (χ0) is 19.1. The number of morpholine rings is 1. The van der Waals surface area contributed by atoms with Crippen LogP contribution in [0, 0.1) is 13.8 Å². The summed E-state index contributed by atoms with van der Waals surface area (Å²) in [7, 11) is 0. The highest BCUT2D eigenvalue weighted by molar-refractivity contribution is 5.77. The van der Waals surface area contributed by atoms with Crippen LogP contribution in [-0.2, 0) is 11.3 Å². The molecule has 1 saturated heterocycles. The number of aromatic nitrogens is 3. The van der Waals surface area contributed by atoms with Gasteiger partial charge in [0.25, 0.3) is 0 Å². The van der Waals surface area contributed by atoms with Gasteiger partial charge in [0.1, 0.15) is 0 Å². The summed E-state index contributed by atoms with van der Waals surface area (Å²) in [5, 5.41) is 7.62. The van der Waals surface area contributed by atoms with E-state index in [9.17, 15) is 0 Å². The highest BCUT2D eigenvalue weighted by Crippen LogP contribution is 2.10. The molecule has 0 unspecified atom stereocenters. The number of nitrogens with one attached hydrogen (secondary N) is 1. The average molecular weight is 371 g/mol. The molecule has 1 aliphatic heterocycles. The lowest BCUT2D eigenvalue weighted by Crippen LogP contribution is -2.39. The number of pyridine rings is 1. The molecule has 0 amide bonds. The minimum absolute atomic E-state index is 0.472. The summed E-state index contributed by atoms with van der Waals surface area (Å²) in [6, 6.07) is 6.00. The molecule has 146 valence electrons. The number of hydrogen-bond acceptors (Lipinski definition) is 5. The van der Waals surface area contributed by atoms with Crippen LogP contribution in [0.15, 0.2) is 29.4 Å². The van der Waals surface area contributed by atoms with Gasteiger partial charge in [-0.25, -0.2) is 14.7 Å². The van der Waals surface area contributed by atoms with Crippen molar-refractivity contribution in [3.8, 4) is 5.82 Å². The maximum absolute atomic E-state index is 5.96. The fraction of sp³-hybridized carbons (Fsp3) is 0.526. The Morgan fingerprint density at radius 2 is 2.11 bits per heavy atom. The van der Waals surface area contributed by atoms with Crippen molar-refractivity contribution in [3.63, 3.8) is 0 Å². The molecule has 8 nitrogen and oxygen atoms in total. The van der Waals surface area contributed by atoms with Crippen LogP contribution in [0.1, 0.15) is 23.4 Å². The third-order valence-electron chi connectivity index (χ3n) is 4.53. The Morgan fingerprint density at radius 3 is 2.78 bits per heavy atom. The van der Waals surface area contributed by atoms with Gasteiger partial charge in [-0.2, -0.15) is 5.10 Å². The standard InChI is InChI=1S/C19H29N7O/c1-15-12-16(2)26(24-15)18-5-4-17(13-22-18)14-23-19(20)21-6-3-7-25-8-10-27-11-9-25/h4-5,12-13H,3,6-11,14H2,1-2H3,(H3,20,21,23). The first kappa shape index (κ1) is 19.3. The molecule has 0 aliphatic carbocycles. The van der Waals surface area contributed by atoms with Crippen molar-refractivity contribution >= 4 is 5.96 Å². The van der Waals surface area contributed by atoms with E-state index in [4.69, 9.17) is 10.5 Å². The normalized spacial score (nSPS) is 15.9. The maximum atomic E-state index is 5.96. The summed E-state index contributed by atoms with van der Waals surface area (Å²) in [6.07, 6.45) is 2.86. The van der Waals surface area contributed by atoms with Crippen LogP contribution in [0.3, 0.4) is 0 Å². The lowest BCUT2D eigenvalue weighted by atomic mass is 10.3. The van der Waals surface area contributed by atoms with E-state index in [0.29, 0.717) is 12.5 Å². The summed E-state index contributed by atoms with van der Waals surface area (Å²) in [5.41, 5.74) is 9.02. The van der Waals surface area contributed by atoms with Gasteiger partial charge in [0.15, 0.2) is 11.8 Å². The Kier molecular flexibility index (Phi) is 6.78. The molecular formula is C19H29N7O. The van der Waals surface area contributed by atoms with E-state index in [1.807, 2.05) is 42.9 Å². The summed E-state index contributed by atoms with van der Waals surface area (Å²) >= 11 is 0. The smallest absolute Gasteiger partial charge is 0.188 e. The molecule has 0 aromatic carbocycles. The second-order valence-corrected chi connectivity index (χ2v) is 6.80. The van der Waals surface area contributed by atoms with Gasteiger partial charge in [-0.1, -0.05) is 6.07 Å². The topological polar surface area (TPSA) is 93.6 Å². The molecule has 0 spiro atoms. The minimum atomic E-state index is 0.472. The molecule has 0 saturated carbocycles. The van der Waals surface area contributed by atoms with Crippen molar-refractivity contribution in [2.75, 3.05) is 39.4 Å². The van der Waals surface area contributed by atoms with Crippen LogP contribution < -0.4 is 11.1 Å². The third kappa shape index (κ3) is 5.77. The van der Waals surface area contributed by atoms with Gasteiger partial charge in [0, 0.05) is 31.5 Å². The summed E-state index contributed by atoms with van der Waals surface area (Å²) in [5.74, 6) is 1.28. The molecule has 2 aromatic rings. The van der Waals surface area contributed by atoms with E-state index in [-0.39, 0.29) is 0 Å². The van der Waals surface area contributed by atoms with Gasteiger partial charge >= 0.3 is 0 Å². The lowest BCUT2D eigenvalue weighted by Gasteiger charge is -2.26. The predicted octanol–water partition coefficient (Wildman–Crippen LogP) is 1.01. The van der Waals surface area contributed by atoms with E-state index < -0.39 is 0 Å². The molecule has 1 fully saturated rings. The van der Waals surface area contributed by atoms with Crippen molar-refractivity contribution in [1.82, 2.24) is 25.0 Å². The van der Waals surface area contributed by atoms with Crippen molar-refractivity contribution in [2.45, 2.75) is 26.8 Å². The van der Waals surface area contributed by atoms with Gasteiger partial charge in [-0.05, 0) is 44.5 Å². The van der Waals surface area contributed by atoms with Crippen LogP contribution in [0.4, 0.5) is 0 Å². The van der Waals surface area contributed by atoms with Crippen molar-refractivity contribution in [1.29, 1.82) is 0 Å². The molecule has 8 heteroatoms. The van der Waals surface area contributed by atoms with Crippen LogP contribution >= 0.6 is 0 Å². The van der Waals surface area contributed by atoms with Crippen LogP contribution in [-0.4, -0.2) is 65.0 Å². The highest BCUT2D eigenvalue weighted by Gasteiger charge is 2.09. The molecule has 0 bridgehead atoms. The number of guanidine groups is 1. The average Bonchev–Trinajstić information content (AvgIpc) is 3.03. The Hall–Kier alpha value is -2.45. The van der Waals surface area contributed by atoms with Crippen molar-refractivity contribution in [3.05, 3.63) is 41.3 Å². The number of rotatable bonds is 7. The third-order valence-corrected chi connectivity index (χ3v) is 4.53. The van der Waals surface area contributed by atoms with E-state index in [1.165, 1.54) is 0 Å². The first-order valence-electron chi connectivity index (χ1n) is 9.44. The van der Waals surface area contributed by atoms with Gasteiger partial charge in [0.05, 0.1) is 25.5 Å². The molecule has 0 atom stereocenters. The number of nitrogens with zero attached hydrogens (tertiary/aromatic N) is 5.